The van der Waals surface area contributed by atoms with E-state index in [4.69, 9.17) is 17.4 Å². The first kappa shape index (κ1) is 14.3. The van der Waals surface area contributed by atoms with E-state index in [0.29, 0.717) is 16.9 Å². The molecule has 0 radical (unpaired) electrons. The lowest BCUT2D eigenvalue weighted by molar-refractivity contribution is 0.231. The molecule has 19 heavy (non-hydrogen) atoms. The highest BCUT2D eigenvalue weighted by Gasteiger charge is 2.20. The van der Waals surface area contributed by atoms with Crippen LogP contribution in [-0.4, -0.2) is 47.6 Å². The van der Waals surface area contributed by atoms with Gasteiger partial charge in [0.15, 0.2) is 5.82 Å². The fraction of sp³-hybridized carbons (Fsp3) is 0.667. The Bertz CT molecular complexity index is 417. The summed E-state index contributed by atoms with van der Waals surface area (Å²) in [7, 11) is 0. The summed E-state index contributed by atoms with van der Waals surface area (Å²) in [5.41, 5.74) is 2.45. The zero-order valence-electron chi connectivity index (χ0n) is 11.4. The third-order valence-electron chi connectivity index (χ3n) is 3.15. The SMILES string of the molecule is CC(C)CN1CCN(c2nc(NN)ncc2Cl)CC1. The summed E-state index contributed by atoms with van der Waals surface area (Å²) in [5, 5.41) is 0.566. The number of anilines is 2. The third-order valence-corrected chi connectivity index (χ3v) is 3.42. The summed E-state index contributed by atoms with van der Waals surface area (Å²) in [6.07, 6.45) is 1.58. The van der Waals surface area contributed by atoms with Crippen molar-refractivity contribution in [2.45, 2.75) is 13.8 Å². The minimum Gasteiger partial charge on any atom is -0.353 e. The molecule has 1 aliphatic rings. The molecular weight excluding hydrogens is 264 g/mol. The molecule has 0 unspecified atom stereocenters. The lowest BCUT2D eigenvalue weighted by Crippen LogP contribution is -2.47. The first-order valence-electron chi connectivity index (χ1n) is 6.56. The molecule has 7 heteroatoms. The van der Waals surface area contributed by atoms with Gasteiger partial charge in [0.25, 0.3) is 0 Å². The molecular formula is C12H21ClN6. The van der Waals surface area contributed by atoms with Gasteiger partial charge in [0, 0.05) is 32.7 Å². The minimum atomic E-state index is 0.393. The maximum atomic E-state index is 6.16. The summed E-state index contributed by atoms with van der Waals surface area (Å²) < 4.78 is 0. The van der Waals surface area contributed by atoms with Crippen LogP contribution >= 0.6 is 11.6 Å². The molecule has 0 spiro atoms. The van der Waals surface area contributed by atoms with E-state index in [0.717, 1.165) is 38.5 Å². The summed E-state index contributed by atoms with van der Waals surface area (Å²) >= 11 is 6.16. The minimum absolute atomic E-state index is 0.393. The number of piperazine rings is 1. The Hall–Kier alpha value is -1.11. The molecule has 106 valence electrons. The van der Waals surface area contributed by atoms with Gasteiger partial charge < -0.3 is 4.90 Å². The van der Waals surface area contributed by atoms with Crippen molar-refractivity contribution in [1.82, 2.24) is 14.9 Å². The molecule has 6 nitrogen and oxygen atoms in total. The molecule has 2 heterocycles. The molecule has 1 saturated heterocycles. The van der Waals surface area contributed by atoms with E-state index in [-0.39, 0.29) is 0 Å². The molecule has 0 aliphatic carbocycles. The van der Waals surface area contributed by atoms with Gasteiger partial charge in [-0.2, -0.15) is 4.98 Å². The van der Waals surface area contributed by atoms with Crippen molar-refractivity contribution in [2.24, 2.45) is 11.8 Å². The van der Waals surface area contributed by atoms with Crippen molar-refractivity contribution in [3.8, 4) is 0 Å². The van der Waals surface area contributed by atoms with Crippen LogP contribution in [0.4, 0.5) is 11.8 Å². The van der Waals surface area contributed by atoms with Gasteiger partial charge in [-0.25, -0.2) is 10.8 Å². The van der Waals surface area contributed by atoms with Crippen molar-refractivity contribution < 1.29 is 0 Å². The first-order chi connectivity index (χ1) is 9.10. The van der Waals surface area contributed by atoms with E-state index in [9.17, 15) is 0 Å². The van der Waals surface area contributed by atoms with Gasteiger partial charge in [-0.1, -0.05) is 25.4 Å². The molecule has 1 aliphatic heterocycles. The smallest absolute Gasteiger partial charge is 0.239 e. The Morgan fingerprint density at radius 3 is 2.63 bits per heavy atom. The molecule has 0 atom stereocenters. The molecule has 1 aromatic heterocycles. The number of nitrogens with one attached hydrogen (secondary N) is 1. The van der Waals surface area contributed by atoms with Gasteiger partial charge in [0.2, 0.25) is 5.95 Å². The van der Waals surface area contributed by atoms with Crippen LogP contribution in [-0.2, 0) is 0 Å². The van der Waals surface area contributed by atoms with E-state index in [1.54, 1.807) is 6.20 Å². The fourth-order valence-electron chi connectivity index (χ4n) is 2.31. The van der Waals surface area contributed by atoms with Crippen molar-refractivity contribution in [2.75, 3.05) is 43.0 Å². The Kier molecular flexibility index (Phi) is 4.79. The van der Waals surface area contributed by atoms with E-state index in [2.05, 4.69) is 39.0 Å². The van der Waals surface area contributed by atoms with Crippen molar-refractivity contribution in [3.05, 3.63) is 11.2 Å². The van der Waals surface area contributed by atoms with Crippen LogP contribution in [0.15, 0.2) is 6.20 Å². The van der Waals surface area contributed by atoms with Crippen LogP contribution in [0.2, 0.25) is 5.02 Å². The molecule has 1 aromatic rings. The Morgan fingerprint density at radius 1 is 1.37 bits per heavy atom. The number of nitrogens with two attached hydrogens (primary N) is 1. The molecule has 0 bridgehead atoms. The highest BCUT2D eigenvalue weighted by Crippen LogP contribution is 2.24. The molecule has 0 aromatic carbocycles. The normalized spacial score (nSPS) is 17.0. The molecule has 0 saturated carbocycles. The van der Waals surface area contributed by atoms with E-state index in [1.165, 1.54) is 0 Å². The molecule has 3 N–H and O–H groups in total. The van der Waals surface area contributed by atoms with Crippen LogP contribution in [0.1, 0.15) is 13.8 Å². The van der Waals surface area contributed by atoms with Crippen LogP contribution < -0.4 is 16.2 Å². The standard InChI is InChI=1S/C12H21ClN6/c1-9(2)8-18-3-5-19(6-4-18)11-10(13)7-15-12(16-11)17-14/h7,9H,3-6,8,14H2,1-2H3,(H,15,16,17). The number of rotatable bonds is 4. The second-order valence-electron chi connectivity index (χ2n) is 5.19. The van der Waals surface area contributed by atoms with Gasteiger partial charge in [0.05, 0.1) is 6.20 Å². The Labute approximate surface area is 118 Å². The zero-order valence-corrected chi connectivity index (χ0v) is 12.2. The highest BCUT2D eigenvalue weighted by molar-refractivity contribution is 6.32. The second kappa shape index (κ2) is 6.36. The van der Waals surface area contributed by atoms with Crippen LogP contribution in [0.3, 0.4) is 0 Å². The van der Waals surface area contributed by atoms with Gasteiger partial charge in [-0.15, -0.1) is 0 Å². The number of hydrogen-bond donors (Lipinski definition) is 2. The number of aromatic nitrogens is 2. The van der Waals surface area contributed by atoms with E-state index in [1.807, 2.05) is 0 Å². The van der Waals surface area contributed by atoms with Gasteiger partial charge in [-0.05, 0) is 5.92 Å². The number of halogens is 1. The molecule has 0 amide bonds. The number of hydrogen-bond acceptors (Lipinski definition) is 6. The quantitative estimate of drug-likeness (QED) is 0.639. The second-order valence-corrected chi connectivity index (χ2v) is 5.60. The van der Waals surface area contributed by atoms with Gasteiger partial charge in [-0.3, -0.25) is 10.3 Å². The highest BCUT2D eigenvalue weighted by atomic mass is 35.5. The number of hydrazine groups is 1. The summed E-state index contributed by atoms with van der Waals surface area (Å²) in [6, 6.07) is 0. The van der Waals surface area contributed by atoms with Crippen LogP contribution in [0.5, 0.6) is 0 Å². The predicted molar refractivity (Wildman–Crippen MR) is 78.3 cm³/mol. The summed E-state index contributed by atoms with van der Waals surface area (Å²) in [4.78, 5) is 13.0. The van der Waals surface area contributed by atoms with Crippen molar-refractivity contribution >= 4 is 23.4 Å². The summed E-state index contributed by atoms with van der Waals surface area (Å²) in [6.45, 7) is 9.54. The van der Waals surface area contributed by atoms with Crippen LogP contribution in [0.25, 0.3) is 0 Å². The largest absolute Gasteiger partial charge is 0.353 e. The average molecular weight is 285 g/mol. The Balaban J connectivity index is 2.01. The van der Waals surface area contributed by atoms with E-state index < -0.39 is 0 Å². The zero-order chi connectivity index (χ0) is 13.8. The molecule has 2 rings (SSSR count). The monoisotopic (exact) mass is 284 g/mol. The van der Waals surface area contributed by atoms with Gasteiger partial charge in [0.1, 0.15) is 5.02 Å². The third kappa shape index (κ3) is 3.68. The predicted octanol–water partition coefficient (Wildman–Crippen LogP) is 1.19. The fourth-order valence-corrected chi connectivity index (χ4v) is 2.52. The lowest BCUT2D eigenvalue weighted by Gasteiger charge is -2.36. The lowest BCUT2D eigenvalue weighted by atomic mass is 10.2. The van der Waals surface area contributed by atoms with Crippen molar-refractivity contribution in [1.29, 1.82) is 0 Å². The van der Waals surface area contributed by atoms with Crippen LogP contribution in [0, 0.1) is 5.92 Å². The number of nitrogens with zero attached hydrogens (tertiary/aromatic N) is 4. The Morgan fingerprint density at radius 2 is 2.05 bits per heavy atom. The molecule has 1 fully saturated rings. The average Bonchev–Trinajstić information content (AvgIpc) is 2.40. The number of nitrogen functional groups attached to an aromatic ring is 1. The topological polar surface area (TPSA) is 70.3 Å². The summed E-state index contributed by atoms with van der Waals surface area (Å²) in [5.74, 6) is 7.18. The maximum absolute atomic E-state index is 6.16. The van der Waals surface area contributed by atoms with E-state index >= 15 is 0 Å². The van der Waals surface area contributed by atoms with Gasteiger partial charge >= 0.3 is 0 Å². The maximum Gasteiger partial charge on any atom is 0.239 e. The first-order valence-corrected chi connectivity index (χ1v) is 6.94. The van der Waals surface area contributed by atoms with Crippen molar-refractivity contribution in [3.63, 3.8) is 0 Å².